The normalized spacial score (nSPS) is 24.9. The van der Waals surface area contributed by atoms with E-state index >= 15 is 0 Å². The summed E-state index contributed by atoms with van der Waals surface area (Å²) in [5.41, 5.74) is -0.102. The molecule has 2 fully saturated rings. The molecule has 2 aliphatic rings. The topological polar surface area (TPSA) is 66.3 Å². The Bertz CT molecular complexity index is 840. The first-order valence-corrected chi connectivity index (χ1v) is 8.79. The number of rotatable bonds is 3. The molecule has 0 bridgehead atoms. The van der Waals surface area contributed by atoms with Gasteiger partial charge in [0.2, 0.25) is 5.95 Å². The van der Waals surface area contributed by atoms with E-state index in [4.69, 9.17) is 5.11 Å². The summed E-state index contributed by atoms with van der Waals surface area (Å²) in [6.07, 6.45) is -0.356. The van der Waals surface area contributed by atoms with Gasteiger partial charge in [0.1, 0.15) is 0 Å². The third-order valence-electron chi connectivity index (χ3n) is 5.63. The third-order valence-corrected chi connectivity index (χ3v) is 5.63. The number of nitrogens with zero attached hydrogens (tertiary/aromatic N) is 3. The van der Waals surface area contributed by atoms with Crippen LogP contribution in [0.2, 0.25) is 0 Å². The van der Waals surface area contributed by atoms with Crippen LogP contribution in [0.15, 0.2) is 36.7 Å². The lowest BCUT2D eigenvalue weighted by atomic mass is 9.91. The van der Waals surface area contributed by atoms with E-state index < -0.39 is 17.7 Å². The van der Waals surface area contributed by atoms with Crippen LogP contribution in [-0.4, -0.2) is 34.1 Å². The van der Waals surface area contributed by atoms with Crippen LogP contribution in [0.5, 0.6) is 0 Å². The standard InChI is InChI=1S/C19H18F3N3O2/c20-19(21,22)16-4-2-1-3-15(16)11-5-12-9-25(10-13(12)6-11)18-23-7-14(8-24-18)17(26)27/h1-4,7-8,11-13H,5-6,9-10H2,(H,26,27)/t11?,12-,13+. The fraction of sp³-hybridized carbons (Fsp3) is 0.421. The van der Waals surface area contributed by atoms with Gasteiger partial charge in [-0.2, -0.15) is 13.2 Å². The molecule has 1 saturated heterocycles. The van der Waals surface area contributed by atoms with Crippen molar-refractivity contribution in [2.24, 2.45) is 11.8 Å². The van der Waals surface area contributed by atoms with Crippen molar-refractivity contribution in [2.75, 3.05) is 18.0 Å². The fourth-order valence-corrected chi connectivity index (χ4v) is 4.42. The lowest BCUT2D eigenvalue weighted by Crippen LogP contribution is -2.24. The van der Waals surface area contributed by atoms with Crippen molar-refractivity contribution in [3.05, 3.63) is 53.3 Å². The van der Waals surface area contributed by atoms with Gasteiger partial charge in [-0.05, 0) is 42.2 Å². The zero-order valence-corrected chi connectivity index (χ0v) is 14.4. The molecule has 3 atom stereocenters. The second-order valence-electron chi connectivity index (χ2n) is 7.26. The number of benzene rings is 1. The van der Waals surface area contributed by atoms with Gasteiger partial charge >= 0.3 is 12.1 Å². The maximum absolute atomic E-state index is 13.3. The van der Waals surface area contributed by atoms with Crippen LogP contribution in [0.25, 0.3) is 0 Å². The van der Waals surface area contributed by atoms with Crippen molar-refractivity contribution < 1.29 is 23.1 Å². The molecule has 5 nitrogen and oxygen atoms in total. The molecule has 1 aromatic carbocycles. The van der Waals surface area contributed by atoms with E-state index in [0.29, 0.717) is 49.3 Å². The number of hydrogen-bond donors (Lipinski definition) is 1. The molecule has 0 radical (unpaired) electrons. The number of carbonyl (C=O) groups is 1. The minimum atomic E-state index is -4.33. The monoisotopic (exact) mass is 377 g/mol. The van der Waals surface area contributed by atoms with Crippen LogP contribution in [0.1, 0.15) is 40.2 Å². The van der Waals surface area contributed by atoms with Crippen molar-refractivity contribution in [3.8, 4) is 0 Å². The molecule has 0 spiro atoms. The number of alkyl halides is 3. The van der Waals surface area contributed by atoms with Gasteiger partial charge in [0, 0.05) is 25.5 Å². The van der Waals surface area contributed by atoms with Crippen molar-refractivity contribution in [1.82, 2.24) is 9.97 Å². The minimum Gasteiger partial charge on any atom is -0.478 e. The Morgan fingerprint density at radius 3 is 2.22 bits per heavy atom. The van der Waals surface area contributed by atoms with Crippen LogP contribution in [0.3, 0.4) is 0 Å². The SMILES string of the molecule is O=C(O)c1cnc(N2C[C@H]3CC(c4ccccc4C(F)(F)F)C[C@H]3C2)nc1. The molecule has 2 aromatic rings. The van der Waals surface area contributed by atoms with Crippen LogP contribution < -0.4 is 4.90 Å². The lowest BCUT2D eigenvalue weighted by molar-refractivity contribution is -0.138. The maximum atomic E-state index is 13.3. The highest BCUT2D eigenvalue weighted by Crippen LogP contribution is 2.49. The minimum absolute atomic E-state index is 0.0296. The molecule has 1 N–H and O–H groups in total. The molecule has 27 heavy (non-hydrogen) atoms. The highest BCUT2D eigenvalue weighted by Gasteiger charge is 2.44. The van der Waals surface area contributed by atoms with Gasteiger partial charge in [0.05, 0.1) is 11.1 Å². The zero-order valence-electron chi connectivity index (χ0n) is 14.4. The van der Waals surface area contributed by atoms with E-state index in [1.807, 2.05) is 4.90 Å². The molecule has 0 amide bonds. The molecule has 1 unspecified atom stereocenters. The molecular formula is C19H18F3N3O2. The van der Waals surface area contributed by atoms with Crippen molar-refractivity contribution in [3.63, 3.8) is 0 Å². The van der Waals surface area contributed by atoms with Crippen LogP contribution in [0.4, 0.5) is 19.1 Å². The molecule has 1 aromatic heterocycles. The van der Waals surface area contributed by atoms with Gasteiger partial charge in [-0.1, -0.05) is 18.2 Å². The summed E-state index contributed by atoms with van der Waals surface area (Å²) in [7, 11) is 0. The van der Waals surface area contributed by atoms with E-state index in [0.717, 1.165) is 6.07 Å². The zero-order chi connectivity index (χ0) is 19.2. The molecule has 1 aliphatic carbocycles. The number of hydrogen-bond acceptors (Lipinski definition) is 4. The van der Waals surface area contributed by atoms with Gasteiger partial charge in [-0.15, -0.1) is 0 Å². The Morgan fingerprint density at radius 1 is 1.07 bits per heavy atom. The number of aromatic carboxylic acids is 1. The number of aromatic nitrogens is 2. The quantitative estimate of drug-likeness (QED) is 0.881. The Morgan fingerprint density at radius 2 is 1.67 bits per heavy atom. The summed E-state index contributed by atoms with van der Waals surface area (Å²) in [5.74, 6) is -0.110. The maximum Gasteiger partial charge on any atom is 0.416 e. The summed E-state index contributed by atoms with van der Waals surface area (Å²) in [4.78, 5) is 21.1. The van der Waals surface area contributed by atoms with E-state index in [-0.39, 0.29) is 11.5 Å². The van der Waals surface area contributed by atoms with Gasteiger partial charge < -0.3 is 10.0 Å². The lowest BCUT2D eigenvalue weighted by Gasteiger charge is -2.21. The van der Waals surface area contributed by atoms with Crippen LogP contribution in [-0.2, 0) is 6.18 Å². The number of carboxylic acid groups (broad SMARTS) is 1. The second kappa shape index (κ2) is 6.51. The number of anilines is 1. The largest absolute Gasteiger partial charge is 0.478 e. The number of fused-ring (bicyclic) bond motifs is 1. The highest BCUT2D eigenvalue weighted by molar-refractivity contribution is 5.86. The summed E-state index contributed by atoms with van der Waals surface area (Å²) in [6, 6.07) is 5.86. The molecule has 8 heteroatoms. The molecule has 1 saturated carbocycles. The molecule has 142 valence electrons. The predicted molar refractivity (Wildman–Crippen MR) is 91.6 cm³/mol. The van der Waals surface area contributed by atoms with E-state index in [1.54, 1.807) is 12.1 Å². The van der Waals surface area contributed by atoms with Gasteiger partial charge in [0.25, 0.3) is 0 Å². The van der Waals surface area contributed by atoms with Crippen molar-refractivity contribution in [2.45, 2.75) is 24.9 Å². The predicted octanol–water partition coefficient (Wildman–Crippen LogP) is 3.82. The average Bonchev–Trinajstić information content (AvgIpc) is 3.20. The Balaban J connectivity index is 1.47. The summed E-state index contributed by atoms with van der Waals surface area (Å²) < 4.78 is 39.9. The van der Waals surface area contributed by atoms with Gasteiger partial charge in [-0.25, -0.2) is 14.8 Å². The van der Waals surface area contributed by atoms with Gasteiger partial charge in [0.15, 0.2) is 0 Å². The summed E-state index contributed by atoms with van der Waals surface area (Å²) in [6.45, 7) is 1.36. The summed E-state index contributed by atoms with van der Waals surface area (Å²) in [5, 5.41) is 8.92. The molecule has 4 rings (SSSR count). The first-order valence-electron chi connectivity index (χ1n) is 8.79. The third kappa shape index (κ3) is 3.36. The number of carboxylic acids is 1. The fourth-order valence-electron chi connectivity index (χ4n) is 4.42. The van der Waals surface area contributed by atoms with Crippen LogP contribution in [0, 0.1) is 11.8 Å². The summed E-state index contributed by atoms with van der Waals surface area (Å²) >= 11 is 0. The first kappa shape index (κ1) is 17.8. The molecule has 1 aliphatic heterocycles. The highest BCUT2D eigenvalue weighted by atomic mass is 19.4. The van der Waals surface area contributed by atoms with E-state index in [9.17, 15) is 18.0 Å². The van der Waals surface area contributed by atoms with Crippen molar-refractivity contribution >= 4 is 11.9 Å². The smallest absolute Gasteiger partial charge is 0.416 e. The van der Waals surface area contributed by atoms with Crippen molar-refractivity contribution in [1.29, 1.82) is 0 Å². The second-order valence-corrected chi connectivity index (χ2v) is 7.26. The van der Waals surface area contributed by atoms with Gasteiger partial charge in [-0.3, -0.25) is 0 Å². The average molecular weight is 377 g/mol. The Hall–Kier alpha value is -2.64. The van der Waals surface area contributed by atoms with E-state index in [1.165, 1.54) is 18.5 Å². The Labute approximate surface area is 153 Å². The first-order chi connectivity index (χ1) is 12.8. The molecule has 2 heterocycles. The van der Waals surface area contributed by atoms with E-state index in [2.05, 4.69) is 9.97 Å². The van der Waals surface area contributed by atoms with Crippen LogP contribution >= 0.6 is 0 Å². The number of halogens is 3. The Kier molecular flexibility index (Phi) is 4.28. The molecular weight excluding hydrogens is 359 g/mol.